The van der Waals surface area contributed by atoms with E-state index in [1.165, 1.54) is 6.07 Å². The third kappa shape index (κ3) is 3.08. The lowest BCUT2D eigenvalue weighted by molar-refractivity contribution is -0.140. The Hall–Kier alpha value is -1.10. The maximum atomic E-state index is 13.6. The highest BCUT2D eigenvalue weighted by Crippen LogP contribution is 2.35. The molecule has 0 aromatic heterocycles. The standard InChI is InChI=1S/C14H17F4N/c1-13(7-3-2-4-8-19-13)10-5-6-11(12(15)9-10)14(16,17)18/h5-6,9,19H,2-4,7-8H2,1H3. The van der Waals surface area contributed by atoms with Crippen molar-refractivity contribution < 1.29 is 17.6 Å². The van der Waals surface area contributed by atoms with E-state index in [9.17, 15) is 17.6 Å². The van der Waals surface area contributed by atoms with Gasteiger partial charge in [-0.3, -0.25) is 0 Å². The Morgan fingerprint density at radius 3 is 2.53 bits per heavy atom. The zero-order chi connectivity index (χ0) is 14.1. The summed E-state index contributed by atoms with van der Waals surface area (Å²) in [7, 11) is 0. The van der Waals surface area contributed by atoms with Gasteiger partial charge < -0.3 is 5.32 Å². The van der Waals surface area contributed by atoms with Gasteiger partial charge in [0.2, 0.25) is 0 Å². The first-order chi connectivity index (χ1) is 8.83. The van der Waals surface area contributed by atoms with Crippen LogP contribution in [0.15, 0.2) is 18.2 Å². The van der Waals surface area contributed by atoms with Crippen LogP contribution in [0.4, 0.5) is 17.6 Å². The summed E-state index contributed by atoms with van der Waals surface area (Å²) in [4.78, 5) is 0. The van der Waals surface area contributed by atoms with Crippen LogP contribution < -0.4 is 5.32 Å². The van der Waals surface area contributed by atoms with Gasteiger partial charge in [0.25, 0.3) is 0 Å². The summed E-state index contributed by atoms with van der Waals surface area (Å²) in [6.07, 6.45) is -0.714. The fraction of sp³-hybridized carbons (Fsp3) is 0.571. The number of alkyl halides is 3. The Labute approximate surface area is 110 Å². The summed E-state index contributed by atoms with van der Waals surface area (Å²) >= 11 is 0. The van der Waals surface area contributed by atoms with Gasteiger partial charge >= 0.3 is 6.18 Å². The molecule has 1 fully saturated rings. The molecule has 1 aromatic rings. The third-order valence-electron chi connectivity index (χ3n) is 3.78. The van der Waals surface area contributed by atoms with Crippen molar-refractivity contribution >= 4 is 0 Å². The van der Waals surface area contributed by atoms with Crippen LogP contribution in [0, 0.1) is 5.82 Å². The first kappa shape index (κ1) is 14.3. The smallest absolute Gasteiger partial charge is 0.308 e. The highest BCUT2D eigenvalue weighted by atomic mass is 19.4. The highest BCUT2D eigenvalue weighted by molar-refractivity contribution is 5.31. The second kappa shape index (κ2) is 5.12. The van der Waals surface area contributed by atoms with E-state index in [-0.39, 0.29) is 0 Å². The van der Waals surface area contributed by atoms with Crippen LogP contribution >= 0.6 is 0 Å². The number of rotatable bonds is 1. The van der Waals surface area contributed by atoms with Crippen molar-refractivity contribution in [1.82, 2.24) is 5.32 Å². The molecule has 1 atom stereocenters. The minimum absolute atomic E-state index is 0.443. The molecular formula is C14H17F4N. The number of nitrogens with one attached hydrogen (secondary N) is 1. The molecule has 2 rings (SSSR count). The zero-order valence-electron chi connectivity index (χ0n) is 10.8. The van der Waals surface area contributed by atoms with Crippen LogP contribution in [0.25, 0.3) is 0 Å². The zero-order valence-corrected chi connectivity index (χ0v) is 10.8. The van der Waals surface area contributed by atoms with Crippen molar-refractivity contribution in [1.29, 1.82) is 0 Å². The van der Waals surface area contributed by atoms with Crippen molar-refractivity contribution in [3.63, 3.8) is 0 Å². The molecule has 0 saturated carbocycles. The highest BCUT2D eigenvalue weighted by Gasteiger charge is 2.35. The Bertz CT molecular complexity index is 445. The summed E-state index contributed by atoms with van der Waals surface area (Å²) < 4.78 is 51.2. The van der Waals surface area contributed by atoms with Crippen LogP contribution in [-0.2, 0) is 11.7 Å². The van der Waals surface area contributed by atoms with Crippen LogP contribution in [0.1, 0.15) is 43.7 Å². The molecule has 106 valence electrons. The number of halogens is 4. The van der Waals surface area contributed by atoms with Crippen LogP contribution in [0.5, 0.6) is 0 Å². The lowest BCUT2D eigenvalue weighted by atomic mass is 9.87. The molecule has 19 heavy (non-hydrogen) atoms. The van der Waals surface area contributed by atoms with Crippen LogP contribution in [0.2, 0.25) is 0 Å². The van der Waals surface area contributed by atoms with Gasteiger partial charge in [-0.2, -0.15) is 13.2 Å². The molecule has 1 aliphatic heterocycles. The molecule has 1 aliphatic rings. The van der Waals surface area contributed by atoms with Gasteiger partial charge in [0, 0.05) is 5.54 Å². The average molecular weight is 275 g/mol. The van der Waals surface area contributed by atoms with E-state index in [2.05, 4.69) is 5.32 Å². The molecule has 1 unspecified atom stereocenters. The van der Waals surface area contributed by atoms with Crippen molar-refractivity contribution in [3.8, 4) is 0 Å². The SMILES string of the molecule is CC1(c2ccc(C(F)(F)F)c(F)c2)CCCCCN1. The molecule has 0 aliphatic carbocycles. The van der Waals surface area contributed by atoms with Crippen LogP contribution in [-0.4, -0.2) is 6.54 Å². The molecule has 0 spiro atoms. The van der Waals surface area contributed by atoms with Gasteiger partial charge in [-0.15, -0.1) is 0 Å². The van der Waals surface area contributed by atoms with E-state index in [1.54, 1.807) is 0 Å². The predicted molar refractivity (Wildman–Crippen MR) is 65.2 cm³/mol. The number of benzene rings is 1. The summed E-state index contributed by atoms with van der Waals surface area (Å²) in [5.74, 6) is -1.20. The van der Waals surface area contributed by atoms with Crippen molar-refractivity contribution in [3.05, 3.63) is 35.1 Å². The Morgan fingerprint density at radius 2 is 1.89 bits per heavy atom. The van der Waals surface area contributed by atoms with Gasteiger partial charge in [-0.25, -0.2) is 4.39 Å². The molecule has 1 nitrogen and oxygen atoms in total. The minimum Gasteiger partial charge on any atom is -0.308 e. The van der Waals surface area contributed by atoms with E-state index >= 15 is 0 Å². The summed E-state index contributed by atoms with van der Waals surface area (Å²) in [6, 6.07) is 3.23. The van der Waals surface area contributed by atoms with E-state index in [4.69, 9.17) is 0 Å². The fourth-order valence-corrected chi connectivity index (χ4v) is 2.57. The van der Waals surface area contributed by atoms with Gasteiger partial charge in [0.05, 0.1) is 5.56 Å². The molecular weight excluding hydrogens is 258 g/mol. The largest absolute Gasteiger partial charge is 0.419 e. The monoisotopic (exact) mass is 275 g/mol. The Kier molecular flexibility index (Phi) is 3.85. The minimum atomic E-state index is -4.64. The Balaban J connectivity index is 2.33. The van der Waals surface area contributed by atoms with E-state index in [1.807, 2.05) is 6.92 Å². The first-order valence-corrected chi connectivity index (χ1v) is 6.45. The fourth-order valence-electron chi connectivity index (χ4n) is 2.57. The lowest BCUT2D eigenvalue weighted by Crippen LogP contribution is -2.38. The average Bonchev–Trinajstić information content (AvgIpc) is 2.53. The van der Waals surface area contributed by atoms with E-state index in [0.717, 1.165) is 44.4 Å². The van der Waals surface area contributed by atoms with Crippen LogP contribution in [0.3, 0.4) is 0 Å². The second-order valence-corrected chi connectivity index (χ2v) is 5.26. The molecule has 1 saturated heterocycles. The third-order valence-corrected chi connectivity index (χ3v) is 3.78. The summed E-state index contributed by atoms with van der Waals surface area (Å²) in [5, 5.41) is 3.31. The molecule has 5 heteroatoms. The second-order valence-electron chi connectivity index (χ2n) is 5.26. The lowest BCUT2D eigenvalue weighted by Gasteiger charge is -2.30. The molecule has 1 N–H and O–H groups in total. The van der Waals surface area contributed by atoms with Crippen molar-refractivity contribution in [2.75, 3.05) is 6.54 Å². The maximum absolute atomic E-state index is 13.6. The predicted octanol–water partition coefficient (Wildman–Crippen LogP) is 4.22. The summed E-state index contributed by atoms with van der Waals surface area (Å²) in [6.45, 7) is 2.72. The van der Waals surface area contributed by atoms with Gasteiger partial charge in [0.15, 0.2) is 0 Å². The number of hydrogen-bond acceptors (Lipinski definition) is 1. The van der Waals surface area contributed by atoms with Crippen molar-refractivity contribution in [2.45, 2.75) is 44.3 Å². The topological polar surface area (TPSA) is 12.0 Å². The molecule has 1 heterocycles. The van der Waals surface area contributed by atoms with E-state index < -0.39 is 23.1 Å². The summed E-state index contributed by atoms with van der Waals surface area (Å²) in [5.41, 5.74) is -1.06. The number of hydrogen-bond donors (Lipinski definition) is 1. The molecule has 0 amide bonds. The molecule has 0 bridgehead atoms. The molecule has 0 radical (unpaired) electrons. The van der Waals surface area contributed by atoms with Gasteiger partial charge in [0.1, 0.15) is 5.82 Å². The molecule has 1 aromatic carbocycles. The first-order valence-electron chi connectivity index (χ1n) is 6.45. The maximum Gasteiger partial charge on any atom is 0.419 e. The van der Waals surface area contributed by atoms with Gasteiger partial charge in [-0.1, -0.05) is 18.9 Å². The Morgan fingerprint density at radius 1 is 1.16 bits per heavy atom. The quantitative estimate of drug-likeness (QED) is 0.756. The normalized spacial score (nSPS) is 25.1. The van der Waals surface area contributed by atoms with Crippen molar-refractivity contribution in [2.24, 2.45) is 0 Å². The van der Waals surface area contributed by atoms with Gasteiger partial charge in [-0.05, 0) is 44.0 Å². The van der Waals surface area contributed by atoms with E-state index in [0.29, 0.717) is 5.56 Å².